The van der Waals surface area contributed by atoms with Crippen molar-refractivity contribution in [3.63, 3.8) is 0 Å². The number of rotatable bonds is 6. The molecule has 0 atom stereocenters. The summed E-state index contributed by atoms with van der Waals surface area (Å²) in [6, 6.07) is 8.66. The molecular formula is C33H38ClN7O2. The summed E-state index contributed by atoms with van der Waals surface area (Å²) < 4.78 is 6.49. The molecule has 3 aliphatic rings. The maximum atomic E-state index is 12.1. The first kappa shape index (κ1) is 28.1. The van der Waals surface area contributed by atoms with Crippen LogP contribution in [0.5, 0.6) is 6.01 Å². The molecule has 0 aliphatic carbocycles. The molecule has 1 amide bonds. The Morgan fingerprint density at radius 1 is 1.14 bits per heavy atom. The predicted molar refractivity (Wildman–Crippen MR) is 171 cm³/mol. The van der Waals surface area contributed by atoms with Gasteiger partial charge in [-0.15, -0.1) is 0 Å². The Bertz CT molecular complexity index is 1690. The van der Waals surface area contributed by atoms with E-state index in [9.17, 15) is 4.79 Å². The third-order valence-electron chi connectivity index (χ3n) is 9.76. The van der Waals surface area contributed by atoms with Crippen LogP contribution in [0.2, 0.25) is 5.02 Å². The van der Waals surface area contributed by atoms with E-state index in [4.69, 9.17) is 26.3 Å². The van der Waals surface area contributed by atoms with Crippen molar-refractivity contribution in [3.8, 4) is 17.1 Å². The number of carbonyl (C=O) groups is 1. The molecule has 2 aromatic carbocycles. The predicted octanol–water partition coefficient (Wildman–Crippen LogP) is 5.61. The Labute approximate surface area is 256 Å². The molecule has 1 spiro atoms. The van der Waals surface area contributed by atoms with Gasteiger partial charge in [0.15, 0.2) is 0 Å². The number of benzene rings is 2. The zero-order valence-corrected chi connectivity index (χ0v) is 25.7. The Balaban J connectivity index is 1.25. The third kappa shape index (κ3) is 5.12. The van der Waals surface area contributed by atoms with Gasteiger partial charge in [-0.05, 0) is 74.6 Å². The van der Waals surface area contributed by atoms with E-state index in [1.807, 2.05) is 23.2 Å². The van der Waals surface area contributed by atoms with Crippen LogP contribution in [0.25, 0.3) is 32.9 Å². The number of aryl methyl sites for hydroxylation is 1. The van der Waals surface area contributed by atoms with E-state index < -0.39 is 0 Å². The van der Waals surface area contributed by atoms with E-state index in [-0.39, 0.29) is 17.4 Å². The number of carbonyl (C=O) groups excluding carboxylic acids is 1. The van der Waals surface area contributed by atoms with Crippen LogP contribution >= 0.6 is 11.6 Å². The van der Waals surface area contributed by atoms with Gasteiger partial charge in [0.1, 0.15) is 11.9 Å². The number of H-pyrrole nitrogens is 1. The van der Waals surface area contributed by atoms with Crippen molar-refractivity contribution in [1.82, 2.24) is 30.0 Å². The topological polar surface area (TPSA) is 90.5 Å². The molecule has 3 fully saturated rings. The van der Waals surface area contributed by atoms with Crippen LogP contribution < -0.4 is 9.64 Å². The first-order valence-electron chi connectivity index (χ1n) is 15.4. The van der Waals surface area contributed by atoms with Crippen LogP contribution in [0, 0.1) is 12.3 Å². The van der Waals surface area contributed by atoms with Crippen molar-refractivity contribution < 1.29 is 9.53 Å². The van der Waals surface area contributed by atoms with E-state index in [0.29, 0.717) is 11.0 Å². The lowest BCUT2D eigenvalue weighted by molar-refractivity contribution is -0.139. The number of ether oxygens (including phenoxy) is 1. The van der Waals surface area contributed by atoms with Crippen molar-refractivity contribution in [2.75, 3.05) is 50.7 Å². The molecule has 7 rings (SSSR count). The molecule has 3 saturated heterocycles. The van der Waals surface area contributed by atoms with Crippen LogP contribution in [-0.2, 0) is 4.79 Å². The number of hydrogen-bond acceptors (Lipinski definition) is 7. The first-order chi connectivity index (χ1) is 20.9. The highest BCUT2D eigenvalue weighted by Gasteiger charge is 2.46. The molecule has 0 bridgehead atoms. The Morgan fingerprint density at radius 3 is 2.63 bits per heavy atom. The number of halogens is 1. The fraction of sp³-hybridized carbons (Fsp3) is 0.455. The number of anilines is 1. The summed E-state index contributed by atoms with van der Waals surface area (Å²) in [6.45, 7) is 14.4. The zero-order valence-electron chi connectivity index (χ0n) is 24.9. The molecule has 4 aromatic rings. The standard InChI is InChI=1S/C33H38ClN7O2/c1-4-29(42)41-19-33(20-41)10-14-40(15-11-33)31-24-16-26(34)23(30-21(3)6-7-27-25(30)18-35-38-27)17-28(24)36-32(37-31)43-22-8-12-39(5-2)13-9-22/h4,6-7,16-18,22H,1,5,8-15,19-20H2,2-3H3,(H,35,38). The Hall–Kier alpha value is -3.69. The minimum Gasteiger partial charge on any atom is -0.460 e. The molecular weight excluding hydrogens is 562 g/mol. The van der Waals surface area contributed by atoms with Crippen LogP contribution in [-0.4, -0.2) is 87.8 Å². The quantitative estimate of drug-likeness (QED) is 0.288. The second kappa shape index (κ2) is 11.1. The molecule has 224 valence electrons. The van der Waals surface area contributed by atoms with Gasteiger partial charge in [0.25, 0.3) is 0 Å². The van der Waals surface area contributed by atoms with Gasteiger partial charge in [0, 0.05) is 66.0 Å². The summed E-state index contributed by atoms with van der Waals surface area (Å²) in [6.07, 6.45) is 7.28. The van der Waals surface area contributed by atoms with Crippen molar-refractivity contribution in [2.24, 2.45) is 5.41 Å². The lowest BCUT2D eigenvalue weighted by Gasteiger charge is -2.54. The summed E-state index contributed by atoms with van der Waals surface area (Å²) in [4.78, 5) is 28.8. The van der Waals surface area contributed by atoms with Crippen molar-refractivity contribution in [3.05, 3.63) is 53.7 Å². The lowest BCUT2D eigenvalue weighted by Crippen LogP contribution is -2.61. The second-order valence-corrected chi connectivity index (χ2v) is 12.8. The normalized spacial score (nSPS) is 19.2. The third-order valence-corrected chi connectivity index (χ3v) is 10.1. The minimum atomic E-state index is 0.0215. The monoisotopic (exact) mass is 599 g/mol. The van der Waals surface area contributed by atoms with Crippen molar-refractivity contribution in [1.29, 1.82) is 0 Å². The van der Waals surface area contributed by atoms with Crippen molar-refractivity contribution >= 4 is 45.1 Å². The molecule has 10 heteroatoms. The van der Waals surface area contributed by atoms with Gasteiger partial charge in [0.05, 0.1) is 17.2 Å². The van der Waals surface area contributed by atoms with Gasteiger partial charge in [-0.25, -0.2) is 0 Å². The van der Waals surface area contributed by atoms with Gasteiger partial charge >= 0.3 is 6.01 Å². The summed E-state index contributed by atoms with van der Waals surface area (Å²) in [5.41, 5.74) is 5.05. The van der Waals surface area contributed by atoms with Gasteiger partial charge < -0.3 is 19.4 Å². The van der Waals surface area contributed by atoms with Gasteiger partial charge in [-0.1, -0.05) is 31.2 Å². The number of piperidine rings is 2. The molecule has 43 heavy (non-hydrogen) atoms. The molecule has 0 radical (unpaired) electrons. The van der Waals surface area contributed by atoms with Crippen LogP contribution in [0.3, 0.4) is 0 Å². The largest absolute Gasteiger partial charge is 0.460 e. The average Bonchev–Trinajstić information content (AvgIpc) is 3.49. The number of aromatic nitrogens is 4. The second-order valence-electron chi connectivity index (χ2n) is 12.4. The first-order valence-corrected chi connectivity index (χ1v) is 15.7. The molecule has 3 aliphatic heterocycles. The van der Waals surface area contributed by atoms with Gasteiger partial charge in [-0.2, -0.15) is 15.1 Å². The number of amides is 1. The fourth-order valence-electron chi connectivity index (χ4n) is 7.13. The van der Waals surface area contributed by atoms with E-state index in [1.165, 1.54) is 6.08 Å². The van der Waals surface area contributed by atoms with E-state index in [0.717, 1.165) is 116 Å². The molecule has 9 nitrogen and oxygen atoms in total. The molecule has 0 unspecified atom stereocenters. The van der Waals surface area contributed by atoms with Crippen LogP contribution in [0.1, 0.15) is 38.2 Å². The SMILES string of the molecule is C=CC(=O)N1CC2(CCN(c3nc(OC4CCN(CC)CC4)nc4cc(-c5c(C)ccc6[nH]ncc56)c(Cl)cc34)CC2)C1. The number of fused-ring (bicyclic) bond motifs is 2. The molecule has 2 aromatic heterocycles. The smallest absolute Gasteiger partial charge is 0.319 e. The highest BCUT2D eigenvalue weighted by molar-refractivity contribution is 6.35. The summed E-state index contributed by atoms with van der Waals surface area (Å²) in [5.74, 6) is 0.888. The van der Waals surface area contributed by atoms with Crippen LogP contribution in [0.4, 0.5) is 5.82 Å². The van der Waals surface area contributed by atoms with Gasteiger partial charge in [-0.3, -0.25) is 9.89 Å². The average molecular weight is 600 g/mol. The lowest BCUT2D eigenvalue weighted by atomic mass is 9.72. The van der Waals surface area contributed by atoms with Crippen molar-refractivity contribution in [2.45, 2.75) is 45.6 Å². The highest BCUT2D eigenvalue weighted by atomic mass is 35.5. The van der Waals surface area contributed by atoms with Gasteiger partial charge in [0.2, 0.25) is 5.91 Å². The zero-order chi connectivity index (χ0) is 29.7. The maximum Gasteiger partial charge on any atom is 0.319 e. The van der Waals surface area contributed by atoms with Crippen LogP contribution in [0.15, 0.2) is 43.1 Å². The number of aromatic amines is 1. The fourth-order valence-corrected chi connectivity index (χ4v) is 7.39. The minimum absolute atomic E-state index is 0.0215. The molecule has 0 saturated carbocycles. The Kier molecular flexibility index (Phi) is 7.26. The molecule has 1 N–H and O–H groups in total. The highest BCUT2D eigenvalue weighted by Crippen LogP contribution is 2.44. The number of hydrogen-bond donors (Lipinski definition) is 1. The summed E-state index contributed by atoms with van der Waals surface area (Å²) in [5, 5.41) is 9.96. The number of likely N-dealkylation sites (tertiary alicyclic amines) is 2. The van der Waals surface area contributed by atoms with E-state index >= 15 is 0 Å². The number of nitrogens with one attached hydrogen (secondary N) is 1. The van der Waals surface area contributed by atoms with E-state index in [1.54, 1.807) is 0 Å². The van der Waals surface area contributed by atoms with E-state index in [2.05, 4.69) is 52.6 Å². The molecule has 5 heterocycles. The number of nitrogens with zero attached hydrogens (tertiary/aromatic N) is 6. The summed E-state index contributed by atoms with van der Waals surface area (Å²) in [7, 11) is 0. The summed E-state index contributed by atoms with van der Waals surface area (Å²) >= 11 is 7.06. The maximum absolute atomic E-state index is 12.1. The Morgan fingerprint density at radius 2 is 1.91 bits per heavy atom.